The number of carboxylic acids is 2. The van der Waals surface area contributed by atoms with Crippen molar-refractivity contribution in [3.05, 3.63) is 24.0 Å². The summed E-state index contributed by atoms with van der Waals surface area (Å²) in [6.45, 7) is 5.81. The van der Waals surface area contributed by atoms with Gasteiger partial charge in [-0.05, 0) is 0 Å². The van der Waals surface area contributed by atoms with E-state index in [-0.39, 0.29) is 10.8 Å². The summed E-state index contributed by atoms with van der Waals surface area (Å²) in [7, 11) is -9.80. The maximum atomic E-state index is 12.1. The molecule has 2 amide bonds. The molecule has 0 fully saturated rings. The van der Waals surface area contributed by atoms with Crippen molar-refractivity contribution in [3.8, 4) is 0 Å². The number of carbonyl (C=O) groups is 4. The Bertz CT molecular complexity index is 758. The summed E-state index contributed by atoms with van der Waals surface area (Å²) in [6.07, 6.45) is -3.63. The zero-order chi connectivity index (χ0) is 20.7. The Labute approximate surface area is 149 Å². The van der Waals surface area contributed by atoms with Gasteiger partial charge in [0.15, 0.2) is 0 Å². The van der Waals surface area contributed by atoms with Crippen LogP contribution in [0.3, 0.4) is 0 Å². The van der Waals surface area contributed by atoms with Crippen LogP contribution in [0.15, 0.2) is 24.0 Å². The molecule has 14 heteroatoms. The lowest BCUT2D eigenvalue weighted by Gasteiger charge is -2.30. The Morgan fingerprint density at radius 3 is 1.15 bits per heavy atom. The fourth-order valence-electron chi connectivity index (χ4n) is 1.45. The number of rotatable bonds is 10. The Hall–Kier alpha value is -2.74. The monoisotopic (exact) mass is 412 g/mol. The third-order valence-corrected chi connectivity index (χ3v) is 5.24. The highest BCUT2D eigenvalue weighted by molar-refractivity contribution is 7.95. The number of hydrogen-bond acceptors (Lipinski definition) is 8. The zero-order valence-electron chi connectivity index (χ0n) is 13.3. The topological polar surface area (TPSA) is 183 Å². The van der Waals surface area contributed by atoms with Gasteiger partial charge in [0.25, 0.3) is 31.9 Å². The van der Waals surface area contributed by atoms with E-state index in [0.717, 1.165) is 0 Å². The number of amides is 2. The molecule has 0 spiro atoms. The fourth-order valence-corrected chi connectivity index (χ4v) is 3.64. The van der Waals surface area contributed by atoms with Crippen LogP contribution in [0.25, 0.3) is 0 Å². The Morgan fingerprint density at radius 1 is 0.692 bits per heavy atom. The van der Waals surface area contributed by atoms with Crippen LogP contribution in [-0.2, 0) is 39.2 Å². The predicted octanol–water partition coefficient (Wildman–Crippen LogP) is -0.765. The van der Waals surface area contributed by atoms with Crippen molar-refractivity contribution in [2.75, 3.05) is 0 Å². The van der Waals surface area contributed by atoms with Crippen LogP contribution in [0.5, 0.6) is 0 Å². The lowest BCUT2D eigenvalue weighted by molar-refractivity contribution is -0.147. The van der Waals surface area contributed by atoms with Gasteiger partial charge in [0, 0.05) is 23.7 Å². The summed E-state index contributed by atoms with van der Waals surface area (Å²) in [5.41, 5.74) is 0. The molecule has 0 aliphatic rings. The van der Waals surface area contributed by atoms with Crippen LogP contribution < -0.4 is 0 Å². The van der Waals surface area contributed by atoms with E-state index < -0.39 is 78.3 Å². The standard InChI is InChI=1S/C12H16N2O10S2/c1-3-25(21,22)13(9(15)5-7-11(17)18)14(26(23,24)4-2)10(16)6-8-12(19)20/h3-4H,1-2,5-8H2,(H,17,18)(H,19,20). The van der Waals surface area contributed by atoms with E-state index in [1.165, 1.54) is 0 Å². The first kappa shape index (κ1) is 23.3. The van der Waals surface area contributed by atoms with Crippen molar-refractivity contribution in [1.29, 1.82) is 0 Å². The first-order valence-corrected chi connectivity index (χ1v) is 9.65. The smallest absolute Gasteiger partial charge is 0.303 e. The SMILES string of the molecule is C=CS(=O)(=O)N(C(=O)CCC(=O)O)N(C(=O)CCC(=O)O)S(=O)(=O)C=C. The molecule has 0 aliphatic heterocycles. The molecule has 0 unspecified atom stereocenters. The quantitative estimate of drug-likeness (QED) is 0.432. The van der Waals surface area contributed by atoms with Crippen LogP contribution in [0.2, 0.25) is 0 Å². The van der Waals surface area contributed by atoms with Gasteiger partial charge in [-0.15, -0.1) is 8.83 Å². The highest BCUT2D eigenvalue weighted by atomic mass is 32.2. The molecule has 0 saturated carbocycles. The van der Waals surface area contributed by atoms with Gasteiger partial charge in [-0.3, -0.25) is 19.2 Å². The maximum Gasteiger partial charge on any atom is 0.303 e. The molecule has 0 radical (unpaired) electrons. The number of carbonyl (C=O) groups excluding carboxylic acids is 2. The molecule has 0 heterocycles. The van der Waals surface area contributed by atoms with E-state index in [1.807, 2.05) is 0 Å². The normalized spacial score (nSPS) is 11.2. The van der Waals surface area contributed by atoms with E-state index >= 15 is 0 Å². The van der Waals surface area contributed by atoms with Gasteiger partial charge in [-0.1, -0.05) is 13.2 Å². The molecule has 0 aromatic heterocycles. The van der Waals surface area contributed by atoms with Crippen molar-refractivity contribution in [2.24, 2.45) is 0 Å². The highest BCUT2D eigenvalue weighted by Crippen LogP contribution is 2.19. The number of carboxylic acid groups (broad SMARTS) is 2. The molecule has 2 N–H and O–H groups in total. The average Bonchev–Trinajstić information content (AvgIpc) is 2.54. The van der Waals surface area contributed by atoms with E-state index in [4.69, 9.17) is 10.2 Å². The van der Waals surface area contributed by atoms with Gasteiger partial charge >= 0.3 is 11.9 Å². The van der Waals surface area contributed by atoms with Crippen molar-refractivity contribution in [2.45, 2.75) is 25.7 Å². The van der Waals surface area contributed by atoms with Crippen LogP contribution in [0.1, 0.15) is 25.7 Å². The Balaban J connectivity index is 6.26. The summed E-state index contributed by atoms with van der Waals surface area (Å²) in [4.78, 5) is 45.4. The third-order valence-electron chi connectivity index (χ3n) is 2.60. The molecule has 0 atom stereocenters. The molecule has 0 aromatic carbocycles. The molecular weight excluding hydrogens is 396 g/mol. The molecule has 0 bridgehead atoms. The lowest BCUT2D eigenvalue weighted by Crippen LogP contribution is -2.54. The minimum absolute atomic E-state index is 0.168. The van der Waals surface area contributed by atoms with Crippen LogP contribution in [-0.4, -0.2) is 59.6 Å². The average molecular weight is 412 g/mol. The van der Waals surface area contributed by atoms with Gasteiger partial charge < -0.3 is 10.2 Å². The summed E-state index contributed by atoms with van der Waals surface area (Å²) in [5.74, 6) is -6.07. The van der Waals surface area contributed by atoms with E-state index in [1.54, 1.807) is 0 Å². The summed E-state index contributed by atoms with van der Waals surface area (Å²) in [5, 5.41) is 17.5. The molecular formula is C12H16N2O10S2. The van der Waals surface area contributed by atoms with Gasteiger partial charge in [0.05, 0.1) is 12.8 Å². The molecule has 0 saturated heterocycles. The second-order valence-corrected chi connectivity index (χ2v) is 7.90. The lowest BCUT2D eigenvalue weighted by atomic mass is 10.3. The second-order valence-electron chi connectivity index (χ2n) is 4.48. The number of nitrogens with zero attached hydrogens (tertiary/aromatic N) is 2. The summed E-state index contributed by atoms with van der Waals surface area (Å²) < 4.78 is 47.3. The minimum atomic E-state index is -4.90. The Morgan fingerprint density at radius 2 is 0.962 bits per heavy atom. The van der Waals surface area contributed by atoms with Crippen LogP contribution >= 0.6 is 0 Å². The number of hydrogen-bond donors (Lipinski definition) is 2. The van der Waals surface area contributed by atoms with Crippen molar-refractivity contribution < 1.29 is 46.2 Å². The van der Waals surface area contributed by atoms with Crippen molar-refractivity contribution in [1.82, 2.24) is 8.83 Å². The van der Waals surface area contributed by atoms with Crippen LogP contribution in [0, 0.1) is 0 Å². The van der Waals surface area contributed by atoms with Gasteiger partial charge in [0.2, 0.25) is 0 Å². The van der Waals surface area contributed by atoms with Crippen molar-refractivity contribution >= 4 is 43.8 Å². The molecule has 0 rings (SSSR count). The molecule has 12 nitrogen and oxygen atoms in total. The highest BCUT2D eigenvalue weighted by Gasteiger charge is 2.41. The zero-order valence-corrected chi connectivity index (χ0v) is 14.9. The fraction of sp³-hybridized carbons (Fsp3) is 0.333. The summed E-state index contributed by atoms with van der Waals surface area (Å²) in [6, 6.07) is 0. The number of aliphatic carboxylic acids is 2. The molecule has 26 heavy (non-hydrogen) atoms. The molecule has 0 aromatic rings. The molecule has 0 aliphatic carbocycles. The number of hydrazine groups is 1. The first-order chi connectivity index (χ1) is 11.8. The first-order valence-electron chi connectivity index (χ1n) is 6.64. The predicted molar refractivity (Wildman–Crippen MR) is 85.7 cm³/mol. The summed E-state index contributed by atoms with van der Waals surface area (Å²) >= 11 is 0. The van der Waals surface area contributed by atoms with Crippen LogP contribution in [0.4, 0.5) is 0 Å². The largest absolute Gasteiger partial charge is 0.481 e. The van der Waals surface area contributed by atoms with Crippen molar-refractivity contribution in [3.63, 3.8) is 0 Å². The Kier molecular flexibility index (Phi) is 8.14. The maximum absolute atomic E-state index is 12.1. The minimum Gasteiger partial charge on any atom is -0.481 e. The van der Waals surface area contributed by atoms with Gasteiger partial charge in [-0.2, -0.15) is 16.8 Å². The second kappa shape index (κ2) is 9.10. The van der Waals surface area contributed by atoms with E-state index in [2.05, 4.69) is 13.2 Å². The van der Waals surface area contributed by atoms with Gasteiger partial charge in [0.1, 0.15) is 0 Å². The van der Waals surface area contributed by atoms with E-state index in [0.29, 0.717) is 0 Å². The van der Waals surface area contributed by atoms with Gasteiger partial charge in [-0.25, -0.2) is 0 Å². The third kappa shape index (κ3) is 6.29. The van der Waals surface area contributed by atoms with E-state index in [9.17, 15) is 36.0 Å². The number of sulfonamides is 2. The molecule has 146 valence electrons.